The average molecular weight is 220 g/mol. The highest BCUT2D eigenvalue weighted by molar-refractivity contribution is 5.47. The van der Waals surface area contributed by atoms with Crippen LogP contribution in [0.4, 0.5) is 5.69 Å². The molecule has 0 saturated heterocycles. The van der Waals surface area contributed by atoms with Crippen molar-refractivity contribution in [1.29, 1.82) is 0 Å². The third-order valence-corrected chi connectivity index (χ3v) is 2.84. The highest BCUT2D eigenvalue weighted by atomic mass is 15.1. The molecular weight excluding hydrogens is 196 g/mol. The summed E-state index contributed by atoms with van der Waals surface area (Å²) in [6, 6.07) is 8.77. The van der Waals surface area contributed by atoms with Crippen molar-refractivity contribution in [3.8, 4) is 0 Å². The van der Waals surface area contributed by atoms with Gasteiger partial charge in [0.1, 0.15) is 0 Å². The van der Waals surface area contributed by atoms with Crippen LogP contribution < -0.4 is 10.6 Å². The van der Waals surface area contributed by atoms with Crippen molar-refractivity contribution in [3.05, 3.63) is 29.8 Å². The number of rotatable bonds is 5. The van der Waals surface area contributed by atoms with Crippen molar-refractivity contribution in [2.24, 2.45) is 11.7 Å². The molecule has 0 amide bonds. The molecule has 0 aliphatic carbocycles. The molecule has 0 heterocycles. The SMILES string of the molecule is CC[C@H](N)c1ccc(N(C)CC(C)C)cc1. The summed E-state index contributed by atoms with van der Waals surface area (Å²) in [6.45, 7) is 7.67. The molecule has 1 aromatic rings. The average Bonchev–Trinajstić information content (AvgIpc) is 2.27. The summed E-state index contributed by atoms with van der Waals surface area (Å²) < 4.78 is 0. The van der Waals surface area contributed by atoms with E-state index in [0.29, 0.717) is 5.92 Å². The second-order valence-corrected chi connectivity index (χ2v) is 4.88. The standard InChI is InChI=1S/C14H24N2/c1-5-14(15)12-6-8-13(9-7-12)16(4)10-11(2)3/h6-9,11,14H,5,10,15H2,1-4H3/t14-/m0/s1. The van der Waals surface area contributed by atoms with Gasteiger partial charge in [-0.15, -0.1) is 0 Å². The maximum absolute atomic E-state index is 5.99. The lowest BCUT2D eigenvalue weighted by Crippen LogP contribution is -2.22. The molecule has 0 unspecified atom stereocenters. The first-order chi connectivity index (χ1) is 7.54. The van der Waals surface area contributed by atoms with E-state index in [2.05, 4.69) is 57.0 Å². The molecular formula is C14H24N2. The molecule has 0 aromatic heterocycles. The molecule has 0 spiro atoms. The van der Waals surface area contributed by atoms with E-state index in [1.807, 2.05) is 0 Å². The number of nitrogens with zero attached hydrogens (tertiary/aromatic N) is 1. The Morgan fingerprint density at radius 1 is 1.19 bits per heavy atom. The highest BCUT2D eigenvalue weighted by Gasteiger charge is 2.05. The second-order valence-electron chi connectivity index (χ2n) is 4.88. The Balaban J connectivity index is 2.70. The monoisotopic (exact) mass is 220 g/mol. The summed E-state index contributed by atoms with van der Waals surface area (Å²) in [4.78, 5) is 2.28. The van der Waals surface area contributed by atoms with Crippen LogP contribution in [0.5, 0.6) is 0 Å². The van der Waals surface area contributed by atoms with E-state index < -0.39 is 0 Å². The topological polar surface area (TPSA) is 29.3 Å². The quantitative estimate of drug-likeness (QED) is 0.825. The van der Waals surface area contributed by atoms with Crippen LogP contribution in [0.1, 0.15) is 38.8 Å². The Bertz CT molecular complexity index is 303. The lowest BCUT2D eigenvalue weighted by molar-refractivity contribution is 0.638. The van der Waals surface area contributed by atoms with Gasteiger partial charge in [-0.3, -0.25) is 0 Å². The molecule has 16 heavy (non-hydrogen) atoms. The van der Waals surface area contributed by atoms with Crippen molar-refractivity contribution < 1.29 is 0 Å². The van der Waals surface area contributed by atoms with Crippen LogP contribution in [-0.4, -0.2) is 13.6 Å². The van der Waals surface area contributed by atoms with E-state index in [1.165, 1.54) is 11.3 Å². The molecule has 0 bridgehead atoms. The van der Waals surface area contributed by atoms with E-state index in [0.717, 1.165) is 13.0 Å². The zero-order valence-electron chi connectivity index (χ0n) is 10.9. The van der Waals surface area contributed by atoms with Gasteiger partial charge in [-0.1, -0.05) is 32.9 Å². The van der Waals surface area contributed by atoms with Crippen LogP contribution in [0.2, 0.25) is 0 Å². The molecule has 2 heteroatoms. The van der Waals surface area contributed by atoms with Gasteiger partial charge in [0.05, 0.1) is 0 Å². The van der Waals surface area contributed by atoms with Crippen LogP contribution in [0.3, 0.4) is 0 Å². The van der Waals surface area contributed by atoms with Gasteiger partial charge in [0.15, 0.2) is 0 Å². The van der Waals surface area contributed by atoms with E-state index in [4.69, 9.17) is 5.73 Å². The molecule has 2 N–H and O–H groups in total. The van der Waals surface area contributed by atoms with Crippen molar-refractivity contribution in [1.82, 2.24) is 0 Å². The molecule has 0 radical (unpaired) electrons. The summed E-state index contributed by atoms with van der Waals surface area (Å²) in [6.07, 6.45) is 0.987. The molecule has 0 saturated carbocycles. The van der Waals surface area contributed by atoms with Gasteiger partial charge >= 0.3 is 0 Å². The smallest absolute Gasteiger partial charge is 0.0363 e. The Hall–Kier alpha value is -1.02. The van der Waals surface area contributed by atoms with Crippen LogP contribution in [0.15, 0.2) is 24.3 Å². The maximum atomic E-state index is 5.99. The van der Waals surface area contributed by atoms with E-state index >= 15 is 0 Å². The Morgan fingerprint density at radius 3 is 2.19 bits per heavy atom. The van der Waals surface area contributed by atoms with E-state index in [-0.39, 0.29) is 6.04 Å². The van der Waals surface area contributed by atoms with Gasteiger partial charge in [-0.25, -0.2) is 0 Å². The van der Waals surface area contributed by atoms with Gasteiger partial charge in [0.2, 0.25) is 0 Å². The number of hydrogen-bond acceptors (Lipinski definition) is 2. The van der Waals surface area contributed by atoms with Crippen LogP contribution in [0, 0.1) is 5.92 Å². The minimum absolute atomic E-state index is 0.171. The molecule has 1 atom stereocenters. The first kappa shape index (κ1) is 13.0. The van der Waals surface area contributed by atoms with Crippen LogP contribution in [0.25, 0.3) is 0 Å². The van der Waals surface area contributed by atoms with Gasteiger partial charge in [0.25, 0.3) is 0 Å². The minimum atomic E-state index is 0.171. The van der Waals surface area contributed by atoms with Crippen LogP contribution in [-0.2, 0) is 0 Å². The van der Waals surface area contributed by atoms with E-state index in [1.54, 1.807) is 0 Å². The second kappa shape index (κ2) is 5.90. The molecule has 1 aromatic carbocycles. The summed E-state index contributed by atoms with van der Waals surface area (Å²) in [7, 11) is 2.13. The van der Waals surface area contributed by atoms with Crippen molar-refractivity contribution in [3.63, 3.8) is 0 Å². The van der Waals surface area contributed by atoms with E-state index in [9.17, 15) is 0 Å². The summed E-state index contributed by atoms with van der Waals surface area (Å²) in [5.41, 5.74) is 8.48. The van der Waals surface area contributed by atoms with Gasteiger partial charge < -0.3 is 10.6 Å². The molecule has 0 aliphatic rings. The summed E-state index contributed by atoms with van der Waals surface area (Å²) in [5, 5.41) is 0. The lowest BCUT2D eigenvalue weighted by Gasteiger charge is -2.22. The molecule has 90 valence electrons. The Kier molecular flexibility index (Phi) is 4.81. The molecule has 2 nitrogen and oxygen atoms in total. The first-order valence-electron chi connectivity index (χ1n) is 6.11. The van der Waals surface area contributed by atoms with Gasteiger partial charge in [-0.2, -0.15) is 0 Å². The molecule has 0 fully saturated rings. The fraction of sp³-hybridized carbons (Fsp3) is 0.571. The fourth-order valence-corrected chi connectivity index (χ4v) is 1.86. The van der Waals surface area contributed by atoms with Gasteiger partial charge in [0, 0.05) is 25.3 Å². The molecule has 0 aliphatic heterocycles. The largest absolute Gasteiger partial charge is 0.374 e. The predicted molar refractivity (Wildman–Crippen MR) is 71.8 cm³/mol. The summed E-state index contributed by atoms with van der Waals surface area (Å²) >= 11 is 0. The lowest BCUT2D eigenvalue weighted by atomic mass is 10.0. The maximum Gasteiger partial charge on any atom is 0.0363 e. The Morgan fingerprint density at radius 2 is 1.75 bits per heavy atom. The number of anilines is 1. The Labute approximate surface area is 99.5 Å². The third-order valence-electron chi connectivity index (χ3n) is 2.84. The van der Waals surface area contributed by atoms with Crippen LogP contribution >= 0.6 is 0 Å². The van der Waals surface area contributed by atoms with Crippen molar-refractivity contribution >= 4 is 5.69 Å². The molecule has 1 rings (SSSR count). The third kappa shape index (κ3) is 3.53. The fourth-order valence-electron chi connectivity index (χ4n) is 1.86. The zero-order chi connectivity index (χ0) is 12.1. The normalized spacial score (nSPS) is 12.9. The zero-order valence-corrected chi connectivity index (χ0v) is 10.9. The van der Waals surface area contributed by atoms with Crippen molar-refractivity contribution in [2.75, 3.05) is 18.5 Å². The summed E-state index contributed by atoms with van der Waals surface area (Å²) in [5.74, 6) is 0.683. The predicted octanol–water partition coefficient (Wildman–Crippen LogP) is 3.19. The van der Waals surface area contributed by atoms with Crippen molar-refractivity contribution in [2.45, 2.75) is 33.2 Å². The number of nitrogens with two attached hydrogens (primary N) is 1. The highest BCUT2D eigenvalue weighted by Crippen LogP contribution is 2.19. The minimum Gasteiger partial charge on any atom is -0.374 e. The number of benzene rings is 1. The van der Waals surface area contributed by atoms with Gasteiger partial charge in [-0.05, 0) is 30.0 Å². The number of hydrogen-bond donors (Lipinski definition) is 1. The first-order valence-corrected chi connectivity index (χ1v) is 6.11.